The number of rotatable bonds is 7. The van der Waals surface area contributed by atoms with Crippen LogP contribution in [0.15, 0.2) is 34.7 Å². The normalized spacial score (nSPS) is 19.8. The van der Waals surface area contributed by atoms with Crippen LogP contribution < -0.4 is 0 Å². The van der Waals surface area contributed by atoms with Crippen molar-refractivity contribution in [2.45, 2.75) is 68.9 Å². The molecule has 1 aliphatic rings. The lowest BCUT2D eigenvalue weighted by Crippen LogP contribution is -2.39. The Labute approximate surface area is 210 Å². The number of ether oxygens (including phenoxy) is 1. The van der Waals surface area contributed by atoms with E-state index in [2.05, 4.69) is 4.98 Å². The zero-order chi connectivity index (χ0) is 26.9. The first-order valence-corrected chi connectivity index (χ1v) is 13.3. The predicted molar refractivity (Wildman–Crippen MR) is 122 cm³/mol. The molecule has 0 aliphatic carbocycles. The molecule has 1 fully saturated rings. The molecule has 0 saturated carbocycles. The van der Waals surface area contributed by atoms with Crippen molar-refractivity contribution in [1.82, 2.24) is 4.98 Å². The van der Waals surface area contributed by atoms with E-state index in [9.17, 15) is 35.2 Å². The van der Waals surface area contributed by atoms with Crippen molar-refractivity contribution in [1.29, 1.82) is 0 Å². The lowest BCUT2D eigenvalue weighted by molar-refractivity contribution is -0.284. The van der Waals surface area contributed by atoms with Gasteiger partial charge in [-0.1, -0.05) is 26.8 Å². The highest BCUT2D eigenvalue weighted by atomic mass is 32.3. The van der Waals surface area contributed by atoms with Crippen molar-refractivity contribution in [3.8, 4) is 10.6 Å². The lowest BCUT2D eigenvalue weighted by Gasteiger charge is -2.36. The van der Waals surface area contributed by atoms with Gasteiger partial charge >= 0.3 is 28.2 Å². The van der Waals surface area contributed by atoms with E-state index >= 15 is 0 Å². The maximum atomic E-state index is 13.1. The van der Waals surface area contributed by atoms with E-state index in [-0.39, 0.29) is 27.0 Å². The molecule has 1 aliphatic heterocycles. The summed E-state index contributed by atoms with van der Waals surface area (Å²) in [7, 11) is -4.39. The third-order valence-corrected chi connectivity index (χ3v) is 8.60. The Morgan fingerprint density at radius 3 is 2.42 bits per heavy atom. The van der Waals surface area contributed by atoms with Crippen molar-refractivity contribution < 1.29 is 44.1 Å². The molecule has 36 heavy (non-hydrogen) atoms. The zero-order valence-electron chi connectivity index (χ0n) is 19.8. The van der Waals surface area contributed by atoms with Gasteiger partial charge < -0.3 is 8.92 Å². The number of aryl methyl sites for hydroxylation is 1. The molecule has 0 aromatic carbocycles. The Balaban J connectivity index is 1.65. The van der Waals surface area contributed by atoms with Gasteiger partial charge in [-0.2, -0.15) is 30.4 Å². The topological polar surface area (TPSA) is 82.6 Å². The van der Waals surface area contributed by atoms with Gasteiger partial charge in [0.2, 0.25) is 0 Å². The van der Waals surface area contributed by atoms with Crippen LogP contribution in [0.4, 0.5) is 22.0 Å². The van der Waals surface area contributed by atoms with Crippen LogP contribution in [0.1, 0.15) is 45.6 Å². The van der Waals surface area contributed by atoms with Gasteiger partial charge in [0.15, 0.2) is 4.21 Å². The maximum Gasteiger partial charge on any atom is 0.453 e. The minimum absolute atomic E-state index is 0.172. The standard InChI is InChI=1S/C23H26F5NO5S2/c1-21(2,3)18-12-15(9-11-33-18)20(30)34-36(31,32)19-7-6-17(35-19)16-5-4-14(13-29-16)8-10-22(24,25)23(26,27)28/h4-7,13,15,18H,8-12H2,1-3H3. The van der Waals surface area contributed by atoms with Crippen molar-refractivity contribution >= 4 is 27.4 Å². The van der Waals surface area contributed by atoms with E-state index in [0.29, 0.717) is 24.3 Å². The molecule has 3 rings (SSSR count). The first kappa shape index (κ1) is 28.5. The molecule has 0 bridgehead atoms. The number of carbonyl (C=O) groups excluding carboxylic acids is 1. The second-order valence-electron chi connectivity index (χ2n) is 9.68. The van der Waals surface area contributed by atoms with E-state index in [0.717, 1.165) is 17.5 Å². The Morgan fingerprint density at radius 2 is 1.83 bits per heavy atom. The Bertz CT molecular complexity index is 1170. The number of carbonyl (C=O) groups is 1. The molecule has 2 aromatic heterocycles. The molecule has 2 unspecified atom stereocenters. The average Bonchev–Trinajstić information content (AvgIpc) is 3.28. The number of alkyl halides is 5. The molecule has 3 heterocycles. The van der Waals surface area contributed by atoms with Crippen LogP contribution in [0.5, 0.6) is 0 Å². The first-order chi connectivity index (χ1) is 16.5. The van der Waals surface area contributed by atoms with Crippen molar-refractivity contribution in [2.24, 2.45) is 11.3 Å². The van der Waals surface area contributed by atoms with E-state index in [4.69, 9.17) is 8.92 Å². The second kappa shape index (κ2) is 10.3. The van der Waals surface area contributed by atoms with Gasteiger partial charge in [-0.05, 0) is 48.4 Å². The van der Waals surface area contributed by atoms with Gasteiger partial charge in [0.05, 0.1) is 22.6 Å². The first-order valence-electron chi connectivity index (χ1n) is 11.1. The predicted octanol–water partition coefficient (Wildman–Crippen LogP) is 6.01. The molecule has 6 nitrogen and oxygen atoms in total. The zero-order valence-corrected chi connectivity index (χ0v) is 21.4. The largest absolute Gasteiger partial charge is 0.453 e. The molecule has 13 heteroatoms. The quantitative estimate of drug-likeness (QED) is 0.307. The Kier molecular flexibility index (Phi) is 8.16. The molecule has 200 valence electrons. The minimum Gasteiger partial charge on any atom is -0.378 e. The highest BCUT2D eigenvalue weighted by Crippen LogP contribution is 2.39. The monoisotopic (exact) mass is 555 g/mol. The van der Waals surface area contributed by atoms with E-state index in [1.807, 2.05) is 20.8 Å². The highest BCUT2D eigenvalue weighted by molar-refractivity contribution is 7.89. The summed E-state index contributed by atoms with van der Waals surface area (Å²) in [6.45, 7) is 6.22. The van der Waals surface area contributed by atoms with Gasteiger partial charge in [0.1, 0.15) is 0 Å². The number of nitrogens with zero attached hydrogens (tertiary/aromatic N) is 1. The number of aromatic nitrogens is 1. The number of thiophene rings is 1. The third kappa shape index (κ3) is 6.80. The number of pyridine rings is 1. The van der Waals surface area contributed by atoms with Crippen molar-refractivity contribution in [3.05, 3.63) is 36.0 Å². The van der Waals surface area contributed by atoms with E-state index in [1.54, 1.807) is 0 Å². The molecule has 0 N–H and O–H groups in total. The fourth-order valence-electron chi connectivity index (χ4n) is 3.59. The summed E-state index contributed by atoms with van der Waals surface area (Å²) in [6.07, 6.45) is -5.93. The summed E-state index contributed by atoms with van der Waals surface area (Å²) >= 11 is 0.792. The number of hydrogen-bond donors (Lipinski definition) is 0. The summed E-state index contributed by atoms with van der Waals surface area (Å²) in [4.78, 5) is 17.0. The Hall–Kier alpha value is -2.12. The van der Waals surface area contributed by atoms with E-state index in [1.165, 1.54) is 24.3 Å². The van der Waals surface area contributed by atoms with Crippen LogP contribution in [-0.2, 0) is 30.3 Å². The smallest absolute Gasteiger partial charge is 0.378 e. The van der Waals surface area contributed by atoms with Crippen LogP contribution in [-0.4, -0.2) is 44.2 Å². The van der Waals surface area contributed by atoms with Gasteiger partial charge in [-0.3, -0.25) is 9.78 Å². The molecular formula is C23H26F5NO5S2. The fourth-order valence-corrected chi connectivity index (χ4v) is 5.75. The molecule has 0 spiro atoms. The molecule has 2 aromatic rings. The third-order valence-electron chi connectivity index (χ3n) is 5.82. The van der Waals surface area contributed by atoms with Gasteiger partial charge in [0, 0.05) is 19.2 Å². The van der Waals surface area contributed by atoms with Gasteiger partial charge in [-0.25, -0.2) is 0 Å². The lowest BCUT2D eigenvalue weighted by atomic mass is 9.81. The van der Waals surface area contributed by atoms with Crippen molar-refractivity contribution in [2.75, 3.05) is 6.61 Å². The fraction of sp³-hybridized carbons (Fsp3) is 0.565. The van der Waals surface area contributed by atoms with Crippen LogP contribution in [0.2, 0.25) is 0 Å². The summed E-state index contributed by atoms with van der Waals surface area (Å²) in [5.74, 6) is -6.27. The highest BCUT2D eigenvalue weighted by Gasteiger charge is 2.56. The molecular weight excluding hydrogens is 529 g/mol. The molecule has 0 radical (unpaired) electrons. The summed E-state index contributed by atoms with van der Waals surface area (Å²) < 4.78 is 98.9. The maximum absolute atomic E-state index is 13.1. The van der Waals surface area contributed by atoms with Crippen LogP contribution >= 0.6 is 11.3 Å². The SMILES string of the molecule is CC(C)(C)C1CC(C(=O)OS(=O)(=O)c2ccc(-c3ccc(CCC(F)(F)C(F)(F)F)cn3)s2)CCO1. The van der Waals surface area contributed by atoms with Gasteiger partial charge in [-0.15, -0.1) is 11.3 Å². The van der Waals surface area contributed by atoms with Crippen LogP contribution in [0.3, 0.4) is 0 Å². The molecule has 1 saturated heterocycles. The average molecular weight is 556 g/mol. The second-order valence-corrected chi connectivity index (χ2v) is 12.5. The number of hydrogen-bond acceptors (Lipinski definition) is 7. The summed E-state index contributed by atoms with van der Waals surface area (Å²) in [5.41, 5.74) is 0.241. The molecule has 2 atom stereocenters. The van der Waals surface area contributed by atoms with Crippen LogP contribution in [0, 0.1) is 11.3 Å². The number of halogens is 5. The van der Waals surface area contributed by atoms with Gasteiger partial charge in [0.25, 0.3) is 0 Å². The minimum atomic E-state index is -5.62. The van der Waals surface area contributed by atoms with E-state index < -0.39 is 46.9 Å². The summed E-state index contributed by atoms with van der Waals surface area (Å²) in [5, 5.41) is 0. The van der Waals surface area contributed by atoms with Crippen molar-refractivity contribution in [3.63, 3.8) is 0 Å². The summed E-state index contributed by atoms with van der Waals surface area (Å²) in [6, 6.07) is 5.43. The van der Waals surface area contributed by atoms with Crippen LogP contribution in [0.25, 0.3) is 10.6 Å². The Morgan fingerprint density at radius 1 is 1.14 bits per heavy atom. The molecule has 0 amide bonds.